The van der Waals surface area contributed by atoms with Gasteiger partial charge < -0.3 is 14.0 Å². The molecule has 2 aromatic rings. The van der Waals surface area contributed by atoms with Gasteiger partial charge in [-0.2, -0.15) is 0 Å². The van der Waals surface area contributed by atoms with E-state index in [0.29, 0.717) is 6.04 Å². The molecule has 0 N–H and O–H groups in total. The van der Waals surface area contributed by atoms with Gasteiger partial charge in [-0.1, -0.05) is 18.2 Å². The Morgan fingerprint density at radius 1 is 1.10 bits per heavy atom. The third-order valence-corrected chi connectivity index (χ3v) is 4.84. The minimum absolute atomic E-state index is 0.498. The first-order valence-electron chi connectivity index (χ1n) is 7.46. The summed E-state index contributed by atoms with van der Waals surface area (Å²) in [6.45, 7) is 4.53. The van der Waals surface area contributed by atoms with Gasteiger partial charge in [-0.3, -0.25) is 0 Å². The number of benzene rings is 1. The molecule has 104 valence electrons. The smallest absolute Gasteiger partial charge is 0.119 e. The summed E-state index contributed by atoms with van der Waals surface area (Å²) in [6.07, 6.45) is 2.23. The van der Waals surface area contributed by atoms with E-state index in [1.54, 1.807) is 0 Å². The molecule has 3 heterocycles. The molecule has 20 heavy (non-hydrogen) atoms. The molecule has 3 heteroatoms. The predicted octanol–water partition coefficient (Wildman–Crippen LogP) is 2.49. The van der Waals surface area contributed by atoms with Crippen molar-refractivity contribution >= 4 is 5.69 Å². The first-order chi connectivity index (χ1) is 9.64. The molecule has 1 saturated heterocycles. The van der Waals surface area contributed by atoms with E-state index in [1.165, 1.54) is 30.0 Å². The second kappa shape index (κ2) is 4.13. The van der Waals surface area contributed by atoms with Crippen LogP contribution < -0.4 is 4.90 Å². The molecule has 0 radical (unpaired) electrons. The Hall–Kier alpha value is -1.74. The van der Waals surface area contributed by atoms with Crippen LogP contribution in [0.15, 0.2) is 42.6 Å². The van der Waals surface area contributed by atoms with Crippen molar-refractivity contribution in [3.05, 3.63) is 53.9 Å². The first kappa shape index (κ1) is 12.0. The zero-order chi connectivity index (χ0) is 13.7. The lowest BCUT2D eigenvalue weighted by Gasteiger charge is -2.45. The normalized spacial score (nSPS) is 23.5. The zero-order valence-corrected chi connectivity index (χ0v) is 12.3. The van der Waals surface area contributed by atoms with Gasteiger partial charge in [0, 0.05) is 24.1 Å². The Kier molecular flexibility index (Phi) is 2.48. The standard InChI is InChI=1S/C17H22N3/c1-20(2)11-10-19-15-7-4-3-6-14(15)12-18-9-5-8-16(18)17(19)13-20/h3-9,17H,10-13H2,1-2H3/q+1. The van der Waals surface area contributed by atoms with Crippen molar-refractivity contribution in [3.8, 4) is 0 Å². The molecular formula is C17H22N3+. The number of likely N-dealkylation sites (N-methyl/N-ethyl adjacent to an activating group) is 1. The Labute approximate surface area is 120 Å². The number of aromatic nitrogens is 1. The van der Waals surface area contributed by atoms with Crippen molar-refractivity contribution in [3.63, 3.8) is 0 Å². The molecule has 0 saturated carbocycles. The highest BCUT2D eigenvalue weighted by molar-refractivity contribution is 5.57. The molecule has 1 unspecified atom stereocenters. The van der Waals surface area contributed by atoms with E-state index in [2.05, 4.69) is 66.2 Å². The molecule has 0 aliphatic carbocycles. The van der Waals surface area contributed by atoms with Crippen molar-refractivity contribution in [2.24, 2.45) is 0 Å². The van der Waals surface area contributed by atoms with Crippen molar-refractivity contribution in [2.75, 3.05) is 38.6 Å². The summed E-state index contributed by atoms with van der Waals surface area (Å²) < 4.78 is 3.53. The number of rotatable bonds is 0. The van der Waals surface area contributed by atoms with E-state index in [4.69, 9.17) is 0 Å². The Morgan fingerprint density at radius 2 is 1.95 bits per heavy atom. The maximum Gasteiger partial charge on any atom is 0.119 e. The minimum atomic E-state index is 0.498. The summed E-state index contributed by atoms with van der Waals surface area (Å²) in [5.41, 5.74) is 4.34. The SMILES string of the molecule is C[N+]1(C)CCN2c3ccccc3Cn3cccc3C2C1. The van der Waals surface area contributed by atoms with Crippen LogP contribution in [0.1, 0.15) is 17.3 Å². The summed E-state index contributed by atoms with van der Waals surface area (Å²) in [6, 6.07) is 13.9. The average molecular weight is 268 g/mol. The Morgan fingerprint density at radius 3 is 2.85 bits per heavy atom. The van der Waals surface area contributed by atoms with Crippen LogP contribution in [-0.2, 0) is 6.54 Å². The molecular weight excluding hydrogens is 246 g/mol. The summed E-state index contributed by atoms with van der Waals surface area (Å²) in [4.78, 5) is 2.62. The number of quaternary nitrogens is 1. The summed E-state index contributed by atoms with van der Waals surface area (Å²) >= 11 is 0. The summed E-state index contributed by atoms with van der Waals surface area (Å²) in [5, 5.41) is 0. The highest BCUT2D eigenvalue weighted by atomic mass is 15.4. The topological polar surface area (TPSA) is 8.17 Å². The number of para-hydroxylation sites is 1. The number of anilines is 1. The van der Waals surface area contributed by atoms with Crippen LogP contribution in [0.5, 0.6) is 0 Å². The van der Waals surface area contributed by atoms with Gasteiger partial charge in [-0.15, -0.1) is 0 Å². The highest BCUT2D eigenvalue weighted by Gasteiger charge is 2.38. The lowest BCUT2D eigenvalue weighted by atomic mass is 10.1. The molecule has 1 fully saturated rings. The van der Waals surface area contributed by atoms with Crippen molar-refractivity contribution < 1.29 is 4.48 Å². The third kappa shape index (κ3) is 1.77. The van der Waals surface area contributed by atoms with Gasteiger partial charge in [-0.05, 0) is 23.8 Å². The molecule has 0 bridgehead atoms. The van der Waals surface area contributed by atoms with E-state index in [-0.39, 0.29) is 0 Å². The van der Waals surface area contributed by atoms with Crippen LogP contribution in [0, 0.1) is 0 Å². The molecule has 3 nitrogen and oxygen atoms in total. The van der Waals surface area contributed by atoms with Gasteiger partial charge in [0.15, 0.2) is 0 Å². The van der Waals surface area contributed by atoms with Gasteiger partial charge in [0.05, 0.1) is 27.2 Å². The predicted molar refractivity (Wildman–Crippen MR) is 81.9 cm³/mol. The molecule has 4 rings (SSSR count). The Balaban J connectivity index is 1.88. The van der Waals surface area contributed by atoms with Crippen molar-refractivity contribution in [1.82, 2.24) is 4.57 Å². The summed E-state index contributed by atoms with van der Waals surface area (Å²) in [5.74, 6) is 0. The number of hydrogen-bond acceptors (Lipinski definition) is 1. The molecule has 1 atom stereocenters. The van der Waals surface area contributed by atoms with Crippen LogP contribution in [-0.4, -0.2) is 42.8 Å². The van der Waals surface area contributed by atoms with Gasteiger partial charge in [0.2, 0.25) is 0 Å². The molecule has 1 aromatic heterocycles. The van der Waals surface area contributed by atoms with Gasteiger partial charge >= 0.3 is 0 Å². The van der Waals surface area contributed by atoms with E-state index in [1.807, 2.05) is 0 Å². The quantitative estimate of drug-likeness (QED) is 0.666. The van der Waals surface area contributed by atoms with Crippen molar-refractivity contribution in [2.45, 2.75) is 12.6 Å². The van der Waals surface area contributed by atoms with Crippen molar-refractivity contribution in [1.29, 1.82) is 0 Å². The number of piperazine rings is 1. The fraction of sp³-hybridized carbons (Fsp3) is 0.412. The van der Waals surface area contributed by atoms with E-state index in [0.717, 1.165) is 17.6 Å². The molecule has 0 amide bonds. The third-order valence-electron chi connectivity index (χ3n) is 4.84. The lowest BCUT2D eigenvalue weighted by Crippen LogP contribution is -2.56. The van der Waals surface area contributed by atoms with E-state index < -0.39 is 0 Å². The Bertz CT molecular complexity index is 641. The van der Waals surface area contributed by atoms with E-state index in [9.17, 15) is 0 Å². The molecule has 1 aromatic carbocycles. The van der Waals surface area contributed by atoms with Crippen LogP contribution in [0.3, 0.4) is 0 Å². The number of fused-ring (bicyclic) bond motifs is 5. The second-order valence-electron chi connectivity index (χ2n) is 6.74. The first-order valence-corrected chi connectivity index (χ1v) is 7.46. The van der Waals surface area contributed by atoms with E-state index >= 15 is 0 Å². The fourth-order valence-corrected chi connectivity index (χ4v) is 3.72. The maximum atomic E-state index is 2.62. The van der Waals surface area contributed by atoms with Crippen LogP contribution in [0.4, 0.5) is 5.69 Å². The zero-order valence-electron chi connectivity index (χ0n) is 12.3. The van der Waals surface area contributed by atoms with Crippen LogP contribution in [0.25, 0.3) is 0 Å². The number of hydrogen-bond donors (Lipinski definition) is 0. The van der Waals surface area contributed by atoms with Gasteiger partial charge in [0.1, 0.15) is 12.6 Å². The van der Waals surface area contributed by atoms with Gasteiger partial charge in [0.25, 0.3) is 0 Å². The monoisotopic (exact) mass is 268 g/mol. The maximum absolute atomic E-state index is 2.62. The largest absolute Gasteiger partial charge is 0.352 e. The van der Waals surface area contributed by atoms with Crippen LogP contribution >= 0.6 is 0 Å². The fourth-order valence-electron chi connectivity index (χ4n) is 3.72. The second-order valence-corrected chi connectivity index (χ2v) is 6.74. The molecule has 2 aliphatic heterocycles. The number of nitrogens with zero attached hydrogens (tertiary/aromatic N) is 3. The highest BCUT2D eigenvalue weighted by Crippen LogP contribution is 2.37. The molecule has 0 spiro atoms. The molecule has 2 aliphatic rings. The lowest BCUT2D eigenvalue weighted by molar-refractivity contribution is -0.894. The van der Waals surface area contributed by atoms with Crippen LogP contribution in [0.2, 0.25) is 0 Å². The summed E-state index contributed by atoms with van der Waals surface area (Å²) in [7, 11) is 4.70. The van der Waals surface area contributed by atoms with Gasteiger partial charge in [-0.25, -0.2) is 0 Å². The average Bonchev–Trinajstić information content (AvgIpc) is 2.83. The minimum Gasteiger partial charge on any atom is -0.352 e.